The maximum Gasteiger partial charge on any atom is 0.335 e. The largest absolute Gasteiger partial charge is 0.481 e. The first-order chi connectivity index (χ1) is 9.04. The minimum absolute atomic E-state index is 0.113. The fourth-order valence-electron chi connectivity index (χ4n) is 2.04. The summed E-state index contributed by atoms with van der Waals surface area (Å²) in [4.78, 5) is 28.6. The average Bonchev–Trinajstić information content (AvgIpc) is 2.83. The van der Waals surface area contributed by atoms with Crippen LogP contribution in [0.3, 0.4) is 0 Å². The summed E-state index contributed by atoms with van der Waals surface area (Å²) in [5, 5.41) is 17.6. The lowest BCUT2D eigenvalue weighted by atomic mass is 10.2. The van der Waals surface area contributed by atoms with Gasteiger partial charge in [0.15, 0.2) is 0 Å². The van der Waals surface area contributed by atoms with Crippen molar-refractivity contribution >= 4 is 28.7 Å². The van der Waals surface area contributed by atoms with Gasteiger partial charge in [0.1, 0.15) is 0 Å². The number of benzene rings is 1. The van der Waals surface area contributed by atoms with Crippen LogP contribution in [0.15, 0.2) is 24.4 Å². The Hall–Kier alpha value is -2.83. The number of carbonyl (C=O) groups is 2. The highest BCUT2D eigenvalue weighted by atomic mass is 16.4. The monoisotopic (exact) mass is 259 g/mol. The fraction of sp³-hybridized carbons (Fsp3) is 0.0833. The van der Waals surface area contributed by atoms with E-state index in [4.69, 9.17) is 10.2 Å². The molecule has 7 nitrogen and oxygen atoms in total. The first-order valence-electron chi connectivity index (χ1n) is 5.49. The molecule has 1 aromatic carbocycles. The van der Waals surface area contributed by atoms with Crippen LogP contribution in [0.5, 0.6) is 0 Å². The number of aliphatic carboxylic acids is 1. The number of fused-ring (bicyclic) bond motifs is 3. The molecule has 0 atom stereocenters. The summed E-state index contributed by atoms with van der Waals surface area (Å²) < 4.78 is 1.71. The van der Waals surface area contributed by atoms with Crippen LogP contribution in [0.2, 0.25) is 0 Å². The molecule has 3 aromatic rings. The number of rotatable bonds is 3. The maximum atomic E-state index is 10.9. The van der Waals surface area contributed by atoms with E-state index in [1.165, 1.54) is 12.1 Å². The minimum Gasteiger partial charge on any atom is -0.481 e. The molecule has 3 rings (SSSR count). The van der Waals surface area contributed by atoms with Gasteiger partial charge < -0.3 is 15.2 Å². The molecule has 0 radical (unpaired) electrons. The van der Waals surface area contributed by atoms with Gasteiger partial charge in [0.2, 0.25) is 5.78 Å². The van der Waals surface area contributed by atoms with Crippen molar-refractivity contribution < 1.29 is 19.8 Å². The van der Waals surface area contributed by atoms with Crippen molar-refractivity contribution in [2.24, 2.45) is 0 Å². The summed E-state index contributed by atoms with van der Waals surface area (Å²) in [6.07, 6.45) is 1.54. The standard InChI is InChI=1S/C12H9N3O4/c16-10(17)4-7-5-15-9-2-1-6(11(18)19)3-8(9)14-12(15)13-7/h1-3,5H,4H2,(H,13,14)(H,16,17)(H,18,19). The van der Waals surface area contributed by atoms with Crippen molar-refractivity contribution in [1.29, 1.82) is 0 Å². The molecule has 2 aromatic heterocycles. The topological polar surface area (TPSA) is 108 Å². The molecule has 0 fully saturated rings. The molecule has 0 spiro atoms. The number of carboxylic acid groups (broad SMARTS) is 2. The minimum atomic E-state index is -1.01. The van der Waals surface area contributed by atoms with Crippen molar-refractivity contribution in [3.8, 4) is 0 Å². The predicted molar refractivity (Wildman–Crippen MR) is 65.3 cm³/mol. The van der Waals surface area contributed by atoms with Crippen LogP contribution in [0, 0.1) is 0 Å². The Bertz CT molecular complexity index is 815. The van der Waals surface area contributed by atoms with Gasteiger partial charge in [0, 0.05) is 11.9 Å². The molecule has 19 heavy (non-hydrogen) atoms. The maximum absolute atomic E-state index is 10.9. The number of imidazole rings is 2. The zero-order valence-electron chi connectivity index (χ0n) is 9.62. The molecular formula is C12H9N3O4. The first kappa shape index (κ1) is 11.3. The number of hydrogen-bond donors (Lipinski definition) is 3. The van der Waals surface area contributed by atoms with E-state index >= 15 is 0 Å². The molecule has 0 saturated carbocycles. The quantitative estimate of drug-likeness (QED) is 0.653. The number of carboxylic acids is 2. The van der Waals surface area contributed by atoms with E-state index in [1.54, 1.807) is 16.7 Å². The first-order valence-corrected chi connectivity index (χ1v) is 5.49. The molecule has 0 unspecified atom stereocenters. The number of aromatic carboxylic acids is 1. The molecule has 0 saturated heterocycles. The molecule has 7 heteroatoms. The zero-order valence-corrected chi connectivity index (χ0v) is 9.62. The Morgan fingerprint density at radius 1 is 1.32 bits per heavy atom. The number of nitrogens with zero attached hydrogens (tertiary/aromatic N) is 2. The van der Waals surface area contributed by atoms with Gasteiger partial charge in [-0.1, -0.05) is 0 Å². The second kappa shape index (κ2) is 3.84. The predicted octanol–water partition coefficient (Wildman–Crippen LogP) is 1.14. The van der Waals surface area contributed by atoms with Crippen molar-refractivity contribution in [3.63, 3.8) is 0 Å². The number of aromatic amines is 1. The van der Waals surface area contributed by atoms with Gasteiger partial charge in [-0.3, -0.25) is 9.20 Å². The summed E-state index contributed by atoms with van der Waals surface area (Å²) in [5.41, 5.74) is 1.99. The van der Waals surface area contributed by atoms with Crippen molar-refractivity contribution in [2.75, 3.05) is 0 Å². The SMILES string of the molecule is O=C(O)Cc1cn2c(nc3cc(C(=O)O)ccc32)[nH]1. The van der Waals surface area contributed by atoms with Gasteiger partial charge in [-0.05, 0) is 18.2 Å². The normalized spacial score (nSPS) is 11.2. The Kier molecular flexibility index (Phi) is 2.28. The van der Waals surface area contributed by atoms with Crippen molar-refractivity contribution in [1.82, 2.24) is 14.4 Å². The third kappa shape index (κ3) is 1.81. The Morgan fingerprint density at radius 2 is 2.11 bits per heavy atom. The molecule has 2 heterocycles. The third-order valence-electron chi connectivity index (χ3n) is 2.84. The average molecular weight is 259 g/mol. The second-order valence-corrected chi connectivity index (χ2v) is 4.16. The fourth-order valence-corrected chi connectivity index (χ4v) is 2.04. The van der Waals surface area contributed by atoms with Gasteiger partial charge in [-0.15, -0.1) is 0 Å². The highest BCUT2D eigenvalue weighted by Crippen LogP contribution is 2.18. The van der Waals surface area contributed by atoms with E-state index in [-0.39, 0.29) is 12.0 Å². The van der Waals surface area contributed by atoms with Crippen LogP contribution in [0.25, 0.3) is 16.8 Å². The smallest absolute Gasteiger partial charge is 0.335 e. The van der Waals surface area contributed by atoms with Gasteiger partial charge in [-0.25, -0.2) is 9.78 Å². The van der Waals surface area contributed by atoms with Gasteiger partial charge >= 0.3 is 11.9 Å². The lowest BCUT2D eigenvalue weighted by Gasteiger charge is -1.94. The van der Waals surface area contributed by atoms with E-state index in [2.05, 4.69) is 9.97 Å². The van der Waals surface area contributed by atoms with Gasteiger partial charge in [-0.2, -0.15) is 0 Å². The second-order valence-electron chi connectivity index (χ2n) is 4.16. The number of nitrogens with one attached hydrogen (secondary N) is 1. The number of H-pyrrole nitrogens is 1. The molecule has 0 aliphatic carbocycles. The summed E-state index contributed by atoms with van der Waals surface area (Å²) in [6, 6.07) is 4.62. The van der Waals surface area contributed by atoms with E-state index in [1.807, 2.05) is 0 Å². The van der Waals surface area contributed by atoms with Crippen LogP contribution in [0.1, 0.15) is 16.1 Å². The Morgan fingerprint density at radius 3 is 2.79 bits per heavy atom. The van der Waals surface area contributed by atoms with E-state index < -0.39 is 11.9 Å². The lowest BCUT2D eigenvalue weighted by molar-refractivity contribution is -0.136. The molecule has 0 aliphatic heterocycles. The number of aromatic nitrogens is 3. The van der Waals surface area contributed by atoms with Crippen LogP contribution in [-0.4, -0.2) is 36.5 Å². The van der Waals surface area contributed by atoms with Crippen LogP contribution in [-0.2, 0) is 11.2 Å². The zero-order chi connectivity index (χ0) is 13.6. The Labute approximate surface area is 106 Å². The Balaban J connectivity index is 2.16. The lowest BCUT2D eigenvalue weighted by Crippen LogP contribution is -2.00. The highest BCUT2D eigenvalue weighted by Gasteiger charge is 2.12. The van der Waals surface area contributed by atoms with Crippen LogP contribution >= 0.6 is 0 Å². The van der Waals surface area contributed by atoms with E-state index in [0.29, 0.717) is 17.0 Å². The van der Waals surface area contributed by atoms with Gasteiger partial charge in [0.25, 0.3) is 0 Å². The summed E-state index contributed by atoms with van der Waals surface area (Å²) in [5.74, 6) is -1.44. The summed E-state index contributed by atoms with van der Waals surface area (Å²) in [7, 11) is 0. The molecule has 0 bridgehead atoms. The molecular weight excluding hydrogens is 250 g/mol. The molecule has 0 aliphatic rings. The molecule has 0 amide bonds. The van der Waals surface area contributed by atoms with Crippen molar-refractivity contribution in [2.45, 2.75) is 6.42 Å². The summed E-state index contributed by atoms with van der Waals surface area (Å²) in [6.45, 7) is 0. The molecule has 96 valence electrons. The van der Waals surface area contributed by atoms with Gasteiger partial charge in [0.05, 0.1) is 23.0 Å². The highest BCUT2D eigenvalue weighted by molar-refractivity contribution is 5.93. The summed E-state index contributed by atoms with van der Waals surface area (Å²) >= 11 is 0. The van der Waals surface area contributed by atoms with E-state index in [9.17, 15) is 9.59 Å². The number of hydrogen-bond acceptors (Lipinski definition) is 3. The van der Waals surface area contributed by atoms with E-state index in [0.717, 1.165) is 5.52 Å². The van der Waals surface area contributed by atoms with Crippen LogP contribution in [0.4, 0.5) is 0 Å². The van der Waals surface area contributed by atoms with Crippen LogP contribution < -0.4 is 0 Å². The third-order valence-corrected chi connectivity index (χ3v) is 2.84. The molecule has 3 N–H and O–H groups in total. The van der Waals surface area contributed by atoms with Crippen molar-refractivity contribution in [3.05, 3.63) is 35.7 Å².